The molecular formula is C46H27N. The van der Waals surface area contributed by atoms with Crippen molar-refractivity contribution < 1.29 is 0 Å². The number of fused-ring (bicyclic) bond motifs is 13. The Morgan fingerprint density at radius 2 is 1.00 bits per heavy atom. The second-order valence-electron chi connectivity index (χ2n) is 12.9. The maximum absolute atomic E-state index is 2.50. The highest BCUT2D eigenvalue weighted by Crippen LogP contribution is 2.49. The van der Waals surface area contributed by atoms with E-state index in [1.807, 2.05) is 0 Å². The molecule has 0 spiro atoms. The molecule has 11 rings (SSSR count). The average molecular weight is 594 g/mol. The van der Waals surface area contributed by atoms with E-state index in [2.05, 4.69) is 168 Å². The molecule has 0 aliphatic heterocycles. The summed E-state index contributed by atoms with van der Waals surface area (Å²) >= 11 is 0. The van der Waals surface area contributed by atoms with Crippen molar-refractivity contribution in [1.29, 1.82) is 0 Å². The molecule has 0 saturated heterocycles. The first-order valence-corrected chi connectivity index (χ1v) is 16.4. The summed E-state index contributed by atoms with van der Waals surface area (Å²) in [6, 6.07) is 60.7. The molecule has 0 unspecified atom stereocenters. The quantitative estimate of drug-likeness (QED) is 0.176. The van der Waals surface area contributed by atoms with Gasteiger partial charge in [-0.25, -0.2) is 0 Å². The molecular weight excluding hydrogens is 567 g/mol. The molecule has 216 valence electrons. The van der Waals surface area contributed by atoms with Gasteiger partial charge >= 0.3 is 0 Å². The molecule has 0 saturated carbocycles. The summed E-state index contributed by atoms with van der Waals surface area (Å²) < 4.78 is 2.50. The normalized spacial score (nSPS) is 12.3. The minimum atomic E-state index is 1.17. The fourth-order valence-corrected chi connectivity index (χ4v) is 8.52. The van der Waals surface area contributed by atoms with Crippen LogP contribution in [0.15, 0.2) is 164 Å². The Labute approximate surface area is 271 Å². The fourth-order valence-electron chi connectivity index (χ4n) is 8.52. The van der Waals surface area contributed by atoms with Crippen LogP contribution in [0.25, 0.3) is 104 Å². The third-order valence-corrected chi connectivity index (χ3v) is 10.4. The number of aromatic nitrogens is 1. The van der Waals surface area contributed by atoms with Crippen molar-refractivity contribution >= 4 is 64.9 Å². The molecule has 0 amide bonds. The van der Waals surface area contributed by atoms with Gasteiger partial charge in [0.05, 0.1) is 11.0 Å². The van der Waals surface area contributed by atoms with Crippen molar-refractivity contribution in [3.63, 3.8) is 0 Å². The van der Waals surface area contributed by atoms with Gasteiger partial charge in [0.1, 0.15) is 0 Å². The molecule has 9 aromatic carbocycles. The zero-order valence-electron chi connectivity index (χ0n) is 25.5. The molecule has 0 N–H and O–H groups in total. The monoisotopic (exact) mass is 593 g/mol. The van der Waals surface area contributed by atoms with Crippen LogP contribution in [0.4, 0.5) is 0 Å². The lowest BCUT2D eigenvalue weighted by Gasteiger charge is -2.15. The maximum Gasteiger partial charge on any atom is 0.0625 e. The van der Waals surface area contributed by atoms with E-state index < -0.39 is 0 Å². The van der Waals surface area contributed by atoms with Crippen LogP contribution in [-0.2, 0) is 0 Å². The van der Waals surface area contributed by atoms with Crippen molar-refractivity contribution in [3.8, 4) is 39.1 Å². The summed E-state index contributed by atoms with van der Waals surface area (Å²) in [5, 5.41) is 13.0. The van der Waals surface area contributed by atoms with E-state index in [0.29, 0.717) is 0 Å². The lowest BCUT2D eigenvalue weighted by Crippen LogP contribution is -1.95. The summed E-state index contributed by atoms with van der Waals surface area (Å²) in [6.07, 6.45) is 0. The molecule has 0 bridgehead atoms. The van der Waals surface area contributed by atoms with Crippen molar-refractivity contribution in [3.05, 3.63) is 164 Å². The van der Waals surface area contributed by atoms with E-state index in [1.54, 1.807) is 0 Å². The highest BCUT2D eigenvalue weighted by atomic mass is 15.0. The van der Waals surface area contributed by atoms with Gasteiger partial charge in [-0.05, 0) is 101 Å². The van der Waals surface area contributed by atoms with Crippen molar-refractivity contribution in [2.45, 2.75) is 0 Å². The van der Waals surface area contributed by atoms with Gasteiger partial charge in [0.2, 0.25) is 0 Å². The van der Waals surface area contributed by atoms with E-state index in [4.69, 9.17) is 0 Å². The standard InChI is InChI=1S/C46H27N/c1-2-15-33-28(11-1)23-24-40-44(33)37-18-5-6-19-38(37)46-45(40)39-20-7-8-22-42(39)47(46)32-14-9-12-29(26-32)31-25-30-13-10-21-36-34-16-3-4-17-35(34)41(27-31)43(30)36/h1-27H. The first kappa shape index (κ1) is 25.1. The summed E-state index contributed by atoms with van der Waals surface area (Å²) in [6.45, 7) is 0. The number of rotatable bonds is 2. The highest BCUT2D eigenvalue weighted by Gasteiger charge is 2.23. The molecule has 1 heterocycles. The second kappa shape index (κ2) is 9.19. The van der Waals surface area contributed by atoms with Gasteiger partial charge in [-0.1, -0.05) is 133 Å². The smallest absolute Gasteiger partial charge is 0.0625 e. The van der Waals surface area contributed by atoms with Crippen LogP contribution < -0.4 is 0 Å². The van der Waals surface area contributed by atoms with Crippen LogP contribution in [0.3, 0.4) is 0 Å². The van der Waals surface area contributed by atoms with Gasteiger partial charge in [0.15, 0.2) is 0 Å². The number of hydrogen-bond acceptors (Lipinski definition) is 0. The zero-order valence-corrected chi connectivity index (χ0v) is 25.5. The van der Waals surface area contributed by atoms with Crippen LogP contribution in [0.2, 0.25) is 0 Å². The Kier molecular flexibility index (Phi) is 4.90. The summed E-state index contributed by atoms with van der Waals surface area (Å²) in [5.41, 5.74) is 11.4. The Morgan fingerprint density at radius 3 is 1.89 bits per heavy atom. The summed E-state index contributed by atoms with van der Waals surface area (Å²) in [5.74, 6) is 0. The Balaban J connectivity index is 1.23. The number of nitrogens with zero attached hydrogens (tertiary/aromatic N) is 1. The summed E-state index contributed by atoms with van der Waals surface area (Å²) in [7, 11) is 0. The molecule has 10 aromatic rings. The third kappa shape index (κ3) is 3.33. The third-order valence-electron chi connectivity index (χ3n) is 10.4. The van der Waals surface area contributed by atoms with Crippen molar-refractivity contribution in [2.24, 2.45) is 0 Å². The van der Waals surface area contributed by atoms with Crippen molar-refractivity contribution in [1.82, 2.24) is 4.57 Å². The van der Waals surface area contributed by atoms with Gasteiger partial charge in [-0.3, -0.25) is 0 Å². The molecule has 1 aromatic heterocycles. The van der Waals surface area contributed by atoms with E-state index in [1.165, 1.54) is 104 Å². The van der Waals surface area contributed by atoms with Crippen LogP contribution in [0.5, 0.6) is 0 Å². The predicted molar refractivity (Wildman–Crippen MR) is 201 cm³/mol. The fraction of sp³-hybridized carbons (Fsp3) is 0. The molecule has 1 aliphatic rings. The first-order valence-electron chi connectivity index (χ1n) is 16.4. The van der Waals surface area contributed by atoms with Gasteiger partial charge in [-0.15, -0.1) is 0 Å². The van der Waals surface area contributed by atoms with Gasteiger partial charge < -0.3 is 4.57 Å². The molecule has 0 radical (unpaired) electrons. The molecule has 1 heteroatoms. The van der Waals surface area contributed by atoms with Gasteiger partial charge in [-0.2, -0.15) is 0 Å². The molecule has 1 nitrogen and oxygen atoms in total. The van der Waals surface area contributed by atoms with E-state index >= 15 is 0 Å². The van der Waals surface area contributed by atoms with E-state index in [-0.39, 0.29) is 0 Å². The lowest BCUT2D eigenvalue weighted by molar-refractivity contribution is 1.19. The number of para-hydroxylation sites is 1. The van der Waals surface area contributed by atoms with Gasteiger partial charge in [0, 0.05) is 21.8 Å². The zero-order chi connectivity index (χ0) is 30.6. The highest BCUT2D eigenvalue weighted by molar-refractivity contribution is 6.36. The minimum absolute atomic E-state index is 1.17. The van der Waals surface area contributed by atoms with Crippen LogP contribution in [-0.4, -0.2) is 4.57 Å². The molecule has 1 aliphatic carbocycles. The number of benzene rings is 9. The SMILES string of the molecule is c1cc(-c2cc3c4c(cccc4c2)-c2ccccc2-3)cc(-n2c3ccccc3c3c4ccc5ccccc5c4c4ccccc4c32)c1. The molecule has 0 atom stereocenters. The maximum atomic E-state index is 2.50. The second-order valence-corrected chi connectivity index (χ2v) is 12.9. The Hall–Kier alpha value is -6.18. The lowest BCUT2D eigenvalue weighted by atomic mass is 9.93. The Morgan fingerprint density at radius 1 is 0.319 bits per heavy atom. The van der Waals surface area contributed by atoms with Crippen LogP contribution >= 0.6 is 0 Å². The predicted octanol–water partition coefficient (Wildman–Crippen LogP) is 12.7. The largest absolute Gasteiger partial charge is 0.309 e. The van der Waals surface area contributed by atoms with Crippen LogP contribution in [0, 0.1) is 0 Å². The summed E-state index contributed by atoms with van der Waals surface area (Å²) in [4.78, 5) is 0. The minimum Gasteiger partial charge on any atom is -0.309 e. The molecule has 47 heavy (non-hydrogen) atoms. The number of hydrogen-bond donors (Lipinski definition) is 0. The average Bonchev–Trinajstić information content (AvgIpc) is 3.66. The van der Waals surface area contributed by atoms with E-state index in [0.717, 1.165) is 0 Å². The van der Waals surface area contributed by atoms with Crippen LogP contribution in [0.1, 0.15) is 0 Å². The first-order chi connectivity index (χ1) is 23.3. The van der Waals surface area contributed by atoms with Gasteiger partial charge in [0.25, 0.3) is 0 Å². The van der Waals surface area contributed by atoms with Crippen molar-refractivity contribution in [2.75, 3.05) is 0 Å². The Bertz CT molecular complexity index is 2960. The van der Waals surface area contributed by atoms with E-state index in [9.17, 15) is 0 Å². The molecule has 0 fully saturated rings. The topological polar surface area (TPSA) is 4.93 Å².